The van der Waals surface area contributed by atoms with Crippen LogP contribution in [0.4, 0.5) is 11.4 Å². The lowest BCUT2D eigenvalue weighted by Crippen LogP contribution is -2.10. The number of hydrogen-bond acceptors (Lipinski definition) is 5. The number of rotatable bonds is 5. The zero-order valence-corrected chi connectivity index (χ0v) is 14.8. The molecule has 26 heavy (non-hydrogen) atoms. The third kappa shape index (κ3) is 3.66. The quantitative estimate of drug-likeness (QED) is 0.599. The fourth-order valence-electron chi connectivity index (χ4n) is 2.75. The van der Waals surface area contributed by atoms with E-state index in [1.54, 1.807) is 31.4 Å². The van der Waals surface area contributed by atoms with Crippen LogP contribution in [-0.2, 0) is 4.79 Å². The van der Waals surface area contributed by atoms with E-state index in [1.807, 2.05) is 26.0 Å². The van der Waals surface area contributed by atoms with Gasteiger partial charge in [0.05, 0.1) is 19.2 Å². The van der Waals surface area contributed by atoms with Gasteiger partial charge in [-0.3, -0.25) is 4.79 Å². The molecule has 1 aromatic heterocycles. The molecule has 0 radical (unpaired) electrons. The van der Waals surface area contributed by atoms with Gasteiger partial charge in [0, 0.05) is 11.1 Å². The van der Waals surface area contributed by atoms with Gasteiger partial charge in [0.25, 0.3) is 5.91 Å². The standard InChI is InChI=1S/C19H20N4O3/c1-11-8-12(2)17-15(9-11)18(19(25)21-17)23-22-16(24)10-20-13-4-6-14(26-3)7-5-13/h4-9,20-21,25H,10H2,1-3H3. The van der Waals surface area contributed by atoms with Crippen molar-refractivity contribution in [1.82, 2.24) is 4.98 Å². The van der Waals surface area contributed by atoms with E-state index in [-0.39, 0.29) is 18.1 Å². The Morgan fingerprint density at radius 2 is 1.96 bits per heavy atom. The maximum absolute atomic E-state index is 12.0. The number of ether oxygens (including phenoxy) is 1. The van der Waals surface area contributed by atoms with Crippen LogP contribution in [0.2, 0.25) is 0 Å². The predicted molar refractivity (Wildman–Crippen MR) is 100 cm³/mol. The molecule has 0 spiro atoms. The number of aromatic hydroxyl groups is 1. The van der Waals surface area contributed by atoms with Gasteiger partial charge in [-0.2, -0.15) is 0 Å². The summed E-state index contributed by atoms with van der Waals surface area (Å²) in [5, 5.41) is 21.4. The van der Waals surface area contributed by atoms with E-state index in [2.05, 4.69) is 20.5 Å². The zero-order chi connectivity index (χ0) is 18.7. The highest BCUT2D eigenvalue weighted by Gasteiger charge is 2.13. The molecule has 0 bridgehead atoms. The summed E-state index contributed by atoms with van der Waals surface area (Å²) in [6.07, 6.45) is 0. The monoisotopic (exact) mass is 352 g/mol. The number of nitrogens with one attached hydrogen (secondary N) is 2. The molecular formula is C19H20N4O3. The van der Waals surface area contributed by atoms with Gasteiger partial charge in [0.15, 0.2) is 5.69 Å². The Bertz CT molecular complexity index is 975. The van der Waals surface area contributed by atoms with E-state index >= 15 is 0 Å². The minimum atomic E-state index is -0.445. The first-order valence-electron chi connectivity index (χ1n) is 8.12. The topological polar surface area (TPSA) is 99.1 Å². The number of aromatic amines is 1. The van der Waals surface area contributed by atoms with Crippen LogP contribution >= 0.6 is 0 Å². The van der Waals surface area contributed by atoms with Crippen LogP contribution in [-0.4, -0.2) is 29.7 Å². The zero-order valence-electron chi connectivity index (χ0n) is 14.8. The highest BCUT2D eigenvalue weighted by Crippen LogP contribution is 2.37. The van der Waals surface area contributed by atoms with E-state index in [4.69, 9.17) is 4.74 Å². The lowest BCUT2D eigenvalue weighted by atomic mass is 10.1. The molecule has 0 saturated carbocycles. The third-order valence-electron chi connectivity index (χ3n) is 4.00. The van der Waals surface area contributed by atoms with Crippen molar-refractivity contribution >= 4 is 28.2 Å². The van der Waals surface area contributed by atoms with Crippen molar-refractivity contribution in [2.24, 2.45) is 10.2 Å². The minimum absolute atomic E-state index is 0.00297. The fraction of sp³-hybridized carbons (Fsp3) is 0.211. The number of H-pyrrole nitrogens is 1. The summed E-state index contributed by atoms with van der Waals surface area (Å²) in [4.78, 5) is 14.9. The maximum atomic E-state index is 12.0. The Hall–Kier alpha value is -3.35. The number of carbonyl (C=O) groups is 1. The van der Waals surface area contributed by atoms with Gasteiger partial charge >= 0.3 is 0 Å². The van der Waals surface area contributed by atoms with Crippen LogP contribution in [0.1, 0.15) is 11.1 Å². The van der Waals surface area contributed by atoms with Crippen LogP contribution < -0.4 is 10.1 Å². The summed E-state index contributed by atoms with van der Waals surface area (Å²) in [6.45, 7) is 3.90. The molecule has 7 heteroatoms. The second-order valence-electron chi connectivity index (χ2n) is 6.00. The fourth-order valence-corrected chi connectivity index (χ4v) is 2.75. The number of benzene rings is 2. The predicted octanol–water partition coefficient (Wildman–Crippen LogP) is 4.22. The number of anilines is 1. The van der Waals surface area contributed by atoms with Gasteiger partial charge in [-0.15, -0.1) is 10.2 Å². The largest absolute Gasteiger partial charge is 0.497 e. The SMILES string of the molecule is COc1ccc(NCC(=O)N=Nc2c(O)[nH]c3c(C)cc(C)cc23)cc1. The molecule has 0 fully saturated rings. The van der Waals surface area contributed by atoms with E-state index in [9.17, 15) is 9.90 Å². The van der Waals surface area contributed by atoms with Gasteiger partial charge in [-0.05, 0) is 49.7 Å². The van der Waals surface area contributed by atoms with Gasteiger partial charge < -0.3 is 20.1 Å². The average Bonchev–Trinajstić information content (AvgIpc) is 2.94. The molecule has 3 aromatic rings. The first kappa shape index (κ1) is 17.5. The number of fused-ring (bicyclic) bond motifs is 1. The van der Waals surface area contributed by atoms with Crippen molar-refractivity contribution in [2.45, 2.75) is 13.8 Å². The summed E-state index contributed by atoms with van der Waals surface area (Å²) in [7, 11) is 1.59. The molecule has 2 aromatic carbocycles. The van der Waals surface area contributed by atoms with Crippen LogP contribution in [0, 0.1) is 13.8 Å². The third-order valence-corrected chi connectivity index (χ3v) is 4.00. The summed E-state index contributed by atoms with van der Waals surface area (Å²) >= 11 is 0. The van der Waals surface area contributed by atoms with Crippen LogP contribution in [0.25, 0.3) is 10.9 Å². The summed E-state index contributed by atoms with van der Waals surface area (Å²) in [6, 6.07) is 11.1. The van der Waals surface area contributed by atoms with E-state index in [0.717, 1.165) is 33.5 Å². The Morgan fingerprint density at radius 3 is 2.65 bits per heavy atom. The van der Waals surface area contributed by atoms with Crippen molar-refractivity contribution in [1.29, 1.82) is 0 Å². The number of amides is 1. The van der Waals surface area contributed by atoms with Gasteiger partial charge in [-0.1, -0.05) is 11.6 Å². The molecule has 7 nitrogen and oxygen atoms in total. The summed E-state index contributed by atoms with van der Waals surface area (Å²) in [5.41, 5.74) is 3.85. The Kier molecular flexibility index (Phi) is 4.88. The molecule has 1 heterocycles. The Morgan fingerprint density at radius 1 is 1.23 bits per heavy atom. The van der Waals surface area contributed by atoms with Gasteiger partial charge in [0.2, 0.25) is 5.88 Å². The molecule has 3 rings (SSSR count). The molecule has 3 N–H and O–H groups in total. The minimum Gasteiger partial charge on any atom is -0.497 e. The van der Waals surface area contributed by atoms with E-state index in [0.29, 0.717) is 0 Å². The number of aryl methyl sites for hydroxylation is 2. The molecule has 1 amide bonds. The number of hydrogen-bond donors (Lipinski definition) is 3. The van der Waals surface area contributed by atoms with Crippen LogP contribution in [0.15, 0.2) is 46.6 Å². The van der Waals surface area contributed by atoms with Crippen molar-refractivity contribution in [3.8, 4) is 11.6 Å². The molecular weight excluding hydrogens is 332 g/mol. The van der Waals surface area contributed by atoms with Crippen LogP contribution in [0.5, 0.6) is 11.6 Å². The number of azo groups is 1. The molecule has 0 aliphatic heterocycles. The lowest BCUT2D eigenvalue weighted by Gasteiger charge is -2.04. The number of aromatic nitrogens is 1. The number of carbonyl (C=O) groups excluding carboxylic acids is 1. The van der Waals surface area contributed by atoms with Crippen molar-refractivity contribution in [3.05, 3.63) is 47.5 Å². The van der Waals surface area contributed by atoms with Crippen molar-refractivity contribution in [3.63, 3.8) is 0 Å². The first-order valence-corrected chi connectivity index (χ1v) is 8.12. The smallest absolute Gasteiger partial charge is 0.283 e. The average molecular weight is 352 g/mol. The molecule has 0 unspecified atom stereocenters. The highest BCUT2D eigenvalue weighted by atomic mass is 16.5. The lowest BCUT2D eigenvalue weighted by molar-refractivity contribution is -0.116. The Balaban J connectivity index is 1.72. The molecule has 0 atom stereocenters. The summed E-state index contributed by atoms with van der Waals surface area (Å²) in [5.74, 6) is 0.189. The normalized spacial score (nSPS) is 11.2. The molecule has 0 aliphatic carbocycles. The van der Waals surface area contributed by atoms with Gasteiger partial charge in [0.1, 0.15) is 5.75 Å². The summed E-state index contributed by atoms with van der Waals surface area (Å²) < 4.78 is 5.08. The molecule has 134 valence electrons. The maximum Gasteiger partial charge on any atom is 0.283 e. The Labute approximate surface area is 150 Å². The van der Waals surface area contributed by atoms with Crippen molar-refractivity contribution in [2.75, 3.05) is 19.0 Å². The first-order chi connectivity index (χ1) is 12.5. The van der Waals surface area contributed by atoms with Crippen LogP contribution in [0.3, 0.4) is 0 Å². The highest BCUT2D eigenvalue weighted by molar-refractivity contribution is 5.96. The molecule has 0 aliphatic rings. The van der Waals surface area contributed by atoms with E-state index in [1.165, 1.54) is 0 Å². The number of nitrogens with zero attached hydrogens (tertiary/aromatic N) is 2. The van der Waals surface area contributed by atoms with Crippen molar-refractivity contribution < 1.29 is 14.6 Å². The number of methoxy groups -OCH3 is 1. The second-order valence-corrected chi connectivity index (χ2v) is 6.00. The van der Waals surface area contributed by atoms with Gasteiger partial charge in [-0.25, -0.2) is 0 Å². The second kappa shape index (κ2) is 7.26. The molecule has 0 saturated heterocycles. The van der Waals surface area contributed by atoms with E-state index < -0.39 is 5.91 Å².